The molecular formula is C19H33ClO2Si. The van der Waals surface area contributed by atoms with Crippen molar-refractivity contribution < 1.29 is 8.85 Å². The average Bonchev–Trinajstić information content (AvgIpc) is 2.48. The van der Waals surface area contributed by atoms with Crippen molar-refractivity contribution in [2.24, 2.45) is 0 Å². The predicted octanol–water partition coefficient (Wildman–Crippen LogP) is 6.97. The fourth-order valence-electron chi connectivity index (χ4n) is 2.57. The summed E-state index contributed by atoms with van der Waals surface area (Å²) >= 11 is 5.98. The number of unbranched alkanes of at least 4 members (excludes halogenated alkanes) is 8. The second kappa shape index (κ2) is 11.9. The smallest absolute Gasteiger partial charge is 0.392 e. The van der Waals surface area contributed by atoms with Gasteiger partial charge in [0.1, 0.15) is 5.75 Å². The molecule has 2 nitrogen and oxygen atoms in total. The van der Waals surface area contributed by atoms with Gasteiger partial charge >= 0.3 is 8.56 Å². The Bertz CT molecular complexity index is 424. The van der Waals surface area contributed by atoms with Crippen LogP contribution in [0.25, 0.3) is 0 Å². The molecule has 0 amide bonds. The maximum Gasteiger partial charge on any atom is 0.392 e. The molecule has 0 N–H and O–H groups in total. The van der Waals surface area contributed by atoms with Crippen LogP contribution >= 0.6 is 11.6 Å². The lowest BCUT2D eigenvalue weighted by atomic mass is 10.1. The molecule has 1 rings (SSSR count). The summed E-state index contributed by atoms with van der Waals surface area (Å²) in [6.07, 6.45) is 12.0. The fraction of sp³-hybridized carbons (Fsp3) is 0.684. The van der Waals surface area contributed by atoms with Crippen molar-refractivity contribution in [2.45, 2.75) is 77.8 Å². The number of halogens is 1. The number of rotatable bonds is 13. The molecule has 4 heteroatoms. The lowest BCUT2D eigenvalue weighted by Gasteiger charge is -2.24. The van der Waals surface area contributed by atoms with Gasteiger partial charge in [-0.25, -0.2) is 0 Å². The molecule has 0 saturated heterocycles. The molecule has 0 aliphatic heterocycles. The Morgan fingerprint density at radius 3 is 2.13 bits per heavy atom. The average molecular weight is 357 g/mol. The van der Waals surface area contributed by atoms with Crippen LogP contribution in [-0.2, 0) is 4.43 Å². The molecule has 1 aromatic rings. The molecule has 0 aliphatic carbocycles. The summed E-state index contributed by atoms with van der Waals surface area (Å²) in [6, 6.07) is 7.54. The van der Waals surface area contributed by atoms with E-state index in [1.165, 1.54) is 51.4 Å². The second-order valence-corrected chi connectivity index (χ2v) is 10.4. The third-order valence-electron chi connectivity index (χ3n) is 3.86. The van der Waals surface area contributed by atoms with E-state index in [9.17, 15) is 0 Å². The highest BCUT2D eigenvalue weighted by Gasteiger charge is 2.26. The Labute approximate surface area is 148 Å². The first kappa shape index (κ1) is 20.5. The van der Waals surface area contributed by atoms with E-state index in [2.05, 4.69) is 20.0 Å². The van der Waals surface area contributed by atoms with Crippen LogP contribution < -0.4 is 4.43 Å². The largest absolute Gasteiger partial charge is 0.520 e. The molecular weight excluding hydrogens is 324 g/mol. The molecule has 0 aliphatic rings. The van der Waals surface area contributed by atoms with Crippen LogP contribution in [-0.4, -0.2) is 15.2 Å². The van der Waals surface area contributed by atoms with E-state index in [0.717, 1.165) is 18.8 Å². The summed E-state index contributed by atoms with van der Waals surface area (Å²) < 4.78 is 12.0. The minimum atomic E-state index is -2.12. The first-order valence-electron chi connectivity index (χ1n) is 9.12. The molecule has 23 heavy (non-hydrogen) atoms. The molecule has 0 unspecified atom stereocenters. The van der Waals surface area contributed by atoms with E-state index in [-0.39, 0.29) is 0 Å². The van der Waals surface area contributed by atoms with Gasteiger partial charge in [-0.2, -0.15) is 0 Å². The van der Waals surface area contributed by atoms with Crippen molar-refractivity contribution in [1.82, 2.24) is 0 Å². The van der Waals surface area contributed by atoms with E-state index >= 15 is 0 Å². The first-order valence-corrected chi connectivity index (χ1v) is 12.3. The standard InChI is InChI=1S/C19H33ClO2Si/c1-4-5-6-7-8-9-10-11-12-16-21-23(2,3)22-19-15-13-14-18(20)17-19/h13-15,17H,4-12,16H2,1-3H3. The lowest BCUT2D eigenvalue weighted by Crippen LogP contribution is -2.38. The molecule has 0 bridgehead atoms. The van der Waals surface area contributed by atoms with Gasteiger partial charge in [0.15, 0.2) is 0 Å². The molecule has 0 radical (unpaired) electrons. The molecule has 0 atom stereocenters. The molecule has 0 fully saturated rings. The Hall–Kier alpha value is -0.513. The maximum atomic E-state index is 6.01. The Kier molecular flexibility index (Phi) is 10.7. The van der Waals surface area contributed by atoms with Crippen LogP contribution in [0.5, 0.6) is 5.75 Å². The van der Waals surface area contributed by atoms with E-state index < -0.39 is 8.56 Å². The van der Waals surface area contributed by atoms with Crippen molar-refractivity contribution in [3.8, 4) is 5.75 Å². The highest BCUT2D eigenvalue weighted by Crippen LogP contribution is 2.21. The van der Waals surface area contributed by atoms with Gasteiger partial charge in [-0.3, -0.25) is 0 Å². The lowest BCUT2D eigenvalue weighted by molar-refractivity contribution is 0.240. The zero-order chi connectivity index (χ0) is 17.0. The summed E-state index contributed by atoms with van der Waals surface area (Å²) in [5.41, 5.74) is 0. The normalized spacial score (nSPS) is 11.7. The van der Waals surface area contributed by atoms with Crippen LogP contribution in [0.4, 0.5) is 0 Å². The van der Waals surface area contributed by atoms with Crippen LogP contribution in [0.2, 0.25) is 18.1 Å². The molecule has 0 heterocycles. The predicted molar refractivity (Wildman–Crippen MR) is 103 cm³/mol. The SMILES string of the molecule is CCCCCCCCCCCO[Si](C)(C)Oc1cccc(Cl)c1. The molecule has 0 spiro atoms. The van der Waals surface area contributed by atoms with Crippen molar-refractivity contribution in [3.63, 3.8) is 0 Å². The zero-order valence-corrected chi connectivity index (χ0v) is 16.8. The second-order valence-electron chi connectivity index (χ2n) is 6.64. The van der Waals surface area contributed by atoms with Crippen molar-refractivity contribution >= 4 is 20.2 Å². The maximum absolute atomic E-state index is 6.01. The van der Waals surface area contributed by atoms with Gasteiger partial charge in [-0.1, -0.05) is 76.0 Å². The van der Waals surface area contributed by atoms with Gasteiger partial charge in [0.25, 0.3) is 0 Å². The van der Waals surface area contributed by atoms with E-state index in [4.69, 9.17) is 20.5 Å². The van der Waals surface area contributed by atoms with Crippen LogP contribution in [0.3, 0.4) is 0 Å². The monoisotopic (exact) mass is 356 g/mol. The Balaban J connectivity index is 2.05. The summed E-state index contributed by atoms with van der Waals surface area (Å²) in [5, 5.41) is 0.700. The third kappa shape index (κ3) is 10.8. The molecule has 1 aromatic carbocycles. The van der Waals surface area contributed by atoms with Gasteiger partial charge in [0, 0.05) is 11.6 Å². The number of hydrogen-bond acceptors (Lipinski definition) is 2. The van der Waals surface area contributed by atoms with Gasteiger partial charge in [0.05, 0.1) is 0 Å². The molecule has 132 valence electrons. The minimum Gasteiger partial charge on any atom is -0.520 e. The quantitative estimate of drug-likeness (QED) is 0.280. The van der Waals surface area contributed by atoms with Crippen molar-refractivity contribution in [3.05, 3.63) is 29.3 Å². The van der Waals surface area contributed by atoms with E-state index in [1.54, 1.807) is 0 Å². The fourth-order valence-corrected chi connectivity index (χ4v) is 4.14. The Morgan fingerprint density at radius 2 is 1.52 bits per heavy atom. The van der Waals surface area contributed by atoms with Crippen LogP contribution in [0.1, 0.15) is 64.7 Å². The summed E-state index contributed by atoms with van der Waals surface area (Å²) in [6.45, 7) is 7.24. The first-order chi connectivity index (χ1) is 11.0. The van der Waals surface area contributed by atoms with Gasteiger partial charge < -0.3 is 8.85 Å². The summed E-state index contributed by atoms with van der Waals surface area (Å²) in [7, 11) is -2.12. The summed E-state index contributed by atoms with van der Waals surface area (Å²) in [4.78, 5) is 0. The molecule has 0 saturated carbocycles. The topological polar surface area (TPSA) is 18.5 Å². The van der Waals surface area contributed by atoms with Crippen molar-refractivity contribution in [1.29, 1.82) is 0 Å². The zero-order valence-electron chi connectivity index (χ0n) is 15.1. The minimum absolute atomic E-state index is 0.700. The molecule has 0 aromatic heterocycles. The highest BCUT2D eigenvalue weighted by atomic mass is 35.5. The van der Waals surface area contributed by atoms with E-state index in [1.807, 2.05) is 24.3 Å². The number of benzene rings is 1. The van der Waals surface area contributed by atoms with Crippen molar-refractivity contribution in [2.75, 3.05) is 6.61 Å². The summed E-state index contributed by atoms with van der Waals surface area (Å²) in [5.74, 6) is 0.807. The van der Waals surface area contributed by atoms with Gasteiger partial charge in [-0.15, -0.1) is 0 Å². The van der Waals surface area contributed by atoms with E-state index in [0.29, 0.717) is 5.02 Å². The number of hydrogen-bond donors (Lipinski definition) is 0. The van der Waals surface area contributed by atoms with Crippen LogP contribution in [0, 0.1) is 0 Å². The van der Waals surface area contributed by atoms with Gasteiger partial charge in [-0.05, 0) is 37.7 Å². The van der Waals surface area contributed by atoms with Crippen LogP contribution in [0.15, 0.2) is 24.3 Å². The third-order valence-corrected chi connectivity index (χ3v) is 5.72. The highest BCUT2D eigenvalue weighted by molar-refractivity contribution is 6.65. The van der Waals surface area contributed by atoms with Gasteiger partial charge in [0.2, 0.25) is 0 Å². The Morgan fingerprint density at radius 1 is 0.913 bits per heavy atom.